The molecule has 1 rings (SSSR count). The average Bonchev–Trinajstić information content (AvgIpc) is 2.65. The third kappa shape index (κ3) is 3.45. The Morgan fingerprint density at radius 2 is 2.38 bits per heavy atom. The van der Waals surface area contributed by atoms with Gasteiger partial charge in [-0.15, -0.1) is 0 Å². The summed E-state index contributed by atoms with van der Waals surface area (Å²) in [5.74, 6) is 0.0535. The van der Waals surface area contributed by atoms with Crippen molar-refractivity contribution in [3.05, 3.63) is 37.5 Å². The van der Waals surface area contributed by atoms with Crippen molar-refractivity contribution in [1.29, 1.82) is 0 Å². The van der Waals surface area contributed by atoms with Crippen molar-refractivity contribution in [2.45, 2.75) is 25.7 Å². The largest absolute Gasteiger partial charge is 0.472 e. The SMILES string of the molecule is [CH2]CCCC[CH]C(=O)c1ccoc1. The molecule has 0 atom stereocenters. The monoisotopic (exact) mass is 178 g/mol. The highest BCUT2D eigenvalue weighted by molar-refractivity contribution is 6.01. The Morgan fingerprint density at radius 3 is 3.00 bits per heavy atom. The first-order valence-corrected chi connectivity index (χ1v) is 4.53. The van der Waals surface area contributed by atoms with Gasteiger partial charge in [0.05, 0.1) is 11.8 Å². The molecule has 2 nitrogen and oxygen atoms in total. The van der Waals surface area contributed by atoms with Gasteiger partial charge in [-0.25, -0.2) is 0 Å². The molecule has 0 aliphatic heterocycles. The summed E-state index contributed by atoms with van der Waals surface area (Å²) in [7, 11) is 0. The van der Waals surface area contributed by atoms with Crippen molar-refractivity contribution in [2.75, 3.05) is 0 Å². The summed E-state index contributed by atoms with van der Waals surface area (Å²) in [6.45, 7) is 3.74. The van der Waals surface area contributed by atoms with E-state index in [-0.39, 0.29) is 5.78 Å². The first-order valence-electron chi connectivity index (χ1n) is 4.53. The number of furan rings is 1. The Labute approximate surface area is 78.9 Å². The Morgan fingerprint density at radius 1 is 1.54 bits per heavy atom. The molecule has 0 bridgehead atoms. The van der Waals surface area contributed by atoms with Crippen molar-refractivity contribution in [2.24, 2.45) is 0 Å². The molecule has 1 aromatic rings. The summed E-state index contributed by atoms with van der Waals surface area (Å²) in [4.78, 5) is 11.3. The fourth-order valence-corrected chi connectivity index (χ4v) is 1.08. The standard InChI is InChI=1S/C11H14O2/c1-2-3-4-5-6-11(12)10-7-8-13-9-10/h6-9H,1-5H2. The number of carbonyl (C=O) groups excluding carboxylic acids is 1. The molecular weight excluding hydrogens is 164 g/mol. The van der Waals surface area contributed by atoms with Gasteiger partial charge in [0.25, 0.3) is 0 Å². The molecule has 0 saturated heterocycles. The zero-order valence-electron chi connectivity index (χ0n) is 7.66. The van der Waals surface area contributed by atoms with E-state index >= 15 is 0 Å². The minimum absolute atomic E-state index is 0.0535. The van der Waals surface area contributed by atoms with E-state index < -0.39 is 0 Å². The second kappa shape index (κ2) is 5.57. The molecule has 0 unspecified atom stereocenters. The lowest BCUT2D eigenvalue weighted by Gasteiger charge is -1.96. The number of unbranched alkanes of at least 4 members (excludes halogenated alkanes) is 3. The lowest BCUT2D eigenvalue weighted by molar-refractivity contribution is 0.102. The molecule has 0 fully saturated rings. The van der Waals surface area contributed by atoms with Gasteiger partial charge in [0.15, 0.2) is 5.78 Å². The molecule has 0 aliphatic carbocycles. The molecule has 0 aromatic carbocycles. The molecule has 0 N–H and O–H groups in total. The van der Waals surface area contributed by atoms with Crippen LogP contribution < -0.4 is 0 Å². The molecule has 1 heterocycles. The Bertz CT molecular complexity index is 237. The predicted octanol–water partition coefficient (Wildman–Crippen LogP) is 3.06. The summed E-state index contributed by atoms with van der Waals surface area (Å²) in [5.41, 5.74) is 0.634. The number of hydrogen-bond acceptors (Lipinski definition) is 2. The van der Waals surface area contributed by atoms with Gasteiger partial charge in [-0.3, -0.25) is 4.79 Å². The normalized spacial score (nSPS) is 10.2. The van der Waals surface area contributed by atoms with Crippen molar-refractivity contribution in [3.8, 4) is 0 Å². The zero-order chi connectivity index (χ0) is 9.52. The molecule has 2 heteroatoms. The molecule has 0 amide bonds. The molecular formula is C11H14O2. The van der Waals surface area contributed by atoms with Gasteiger partial charge in [0, 0.05) is 6.42 Å². The highest BCUT2D eigenvalue weighted by atomic mass is 16.3. The Kier molecular flexibility index (Phi) is 4.30. The maximum atomic E-state index is 11.3. The van der Waals surface area contributed by atoms with Crippen LogP contribution in [0.3, 0.4) is 0 Å². The Hall–Kier alpha value is -1.05. The summed E-state index contributed by atoms with van der Waals surface area (Å²) in [5, 5.41) is 0. The number of hydrogen-bond donors (Lipinski definition) is 0. The molecule has 1 aromatic heterocycles. The molecule has 0 saturated carbocycles. The van der Waals surface area contributed by atoms with E-state index in [0.717, 1.165) is 25.7 Å². The second-order valence-electron chi connectivity index (χ2n) is 2.93. The van der Waals surface area contributed by atoms with Crippen LogP contribution in [0.5, 0.6) is 0 Å². The van der Waals surface area contributed by atoms with Crippen LogP contribution in [0.25, 0.3) is 0 Å². The first-order chi connectivity index (χ1) is 6.34. The second-order valence-corrected chi connectivity index (χ2v) is 2.93. The van der Waals surface area contributed by atoms with E-state index in [1.54, 1.807) is 12.5 Å². The van der Waals surface area contributed by atoms with Gasteiger partial charge in [-0.1, -0.05) is 26.2 Å². The number of carbonyl (C=O) groups is 1. The Balaban J connectivity index is 2.19. The van der Waals surface area contributed by atoms with Crippen LogP contribution in [0.15, 0.2) is 23.0 Å². The lowest BCUT2D eigenvalue weighted by Crippen LogP contribution is -1.97. The molecule has 70 valence electrons. The van der Waals surface area contributed by atoms with E-state index in [4.69, 9.17) is 4.42 Å². The van der Waals surface area contributed by atoms with E-state index in [0.29, 0.717) is 5.56 Å². The topological polar surface area (TPSA) is 30.2 Å². The van der Waals surface area contributed by atoms with Crippen LogP contribution in [0.2, 0.25) is 0 Å². The van der Waals surface area contributed by atoms with Gasteiger partial charge in [0.2, 0.25) is 0 Å². The van der Waals surface area contributed by atoms with Gasteiger partial charge < -0.3 is 4.42 Å². The van der Waals surface area contributed by atoms with Crippen LogP contribution in [0.1, 0.15) is 36.0 Å². The zero-order valence-corrected chi connectivity index (χ0v) is 7.66. The van der Waals surface area contributed by atoms with E-state index in [2.05, 4.69) is 6.92 Å². The number of ketones is 1. The van der Waals surface area contributed by atoms with Gasteiger partial charge >= 0.3 is 0 Å². The summed E-state index contributed by atoms with van der Waals surface area (Å²) < 4.78 is 4.81. The van der Waals surface area contributed by atoms with Crippen molar-refractivity contribution < 1.29 is 9.21 Å². The van der Waals surface area contributed by atoms with E-state index in [9.17, 15) is 4.79 Å². The van der Waals surface area contributed by atoms with Crippen molar-refractivity contribution in [1.82, 2.24) is 0 Å². The molecule has 0 spiro atoms. The van der Waals surface area contributed by atoms with Gasteiger partial charge in [-0.2, -0.15) is 0 Å². The highest BCUT2D eigenvalue weighted by Gasteiger charge is 2.05. The quantitative estimate of drug-likeness (QED) is 0.495. The lowest BCUT2D eigenvalue weighted by atomic mass is 10.1. The van der Waals surface area contributed by atoms with Crippen LogP contribution in [-0.2, 0) is 0 Å². The van der Waals surface area contributed by atoms with Gasteiger partial charge in [0.1, 0.15) is 6.26 Å². The minimum atomic E-state index is 0.0535. The van der Waals surface area contributed by atoms with Gasteiger partial charge in [-0.05, 0) is 12.5 Å². The third-order valence-electron chi connectivity index (χ3n) is 1.84. The van der Waals surface area contributed by atoms with E-state index in [1.807, 2.05) is 0 Å². The predicted molar refractivity (Wildman–Crippen MR) is 51.2 cm³/mol. The smallest absolute Gasteiger partial charge is 0.169 e. The van der Waals surface area contributed by atoms with Crippen molar-refractivity contribution >= 4 is 5.78 Å². The first kappa shape index (κ1) is 10.0. The summed E-state index contributed by atoms with van der Waals surface area (Å²) >= 11 is 0. The molecule has 13 heavy (non-hydrogen) atoms. The summed E-state index contributed by atoms with van der Waals surface area (Å²) in [6.07, 6.45) is 8.58. The maximum Gasteiger partial charge on any atom is 0.169 e. The fourth-order valence-electron chi connectivity index (χ4n) is 1.08. The minimum Gasteiger partial charge on any atom is -0.472 e. The van der Waals surface area contributed by atoms with Crippen LogP contribution in [0, 0.1) is 13.3 Å². The van der Waals surface area contributed by atoms with Crippen LogP contribution in [-0.4, -0.2) is 5.78 Å². The highest BCUT2D eigenvalue weighted by Crippen LogP contribution is 2.08. The molecule has 2 radical (unpaired) electrons. The van der Waals surface area contributed by atoms with Crippen LogP contribution >= 0.6 is 0 Å². The third-order valence-corrected chi connectivity index (χ3v) is 1.84. The average molecular weight is 178 g/mol. The summed E-state index contributed by atoms with van der Waals surface area (Å²) in [6, 6.07) is 1.68. The number of rotatable bonds is 6. The molecule has 0 aliphatic rings. The fraction of sp³-hybridized carbons (Fsp3) is 0.364. The number of Topliss-reactive ketones (excluding diaryl/α,β-unsaturated/α-hetero) is 1. The maximum absolute atomic E-state index is 11.3. The van der Waals surface area contributed by atoms with Crippen molar-refractivity contribution in [3.63, 3.8) is 0 Å². The van der Waals surface area contributed by atoms with Crippen LogP contribution in [0.4, 0.5) is 0 Å². The van der Waals surface area contributed by atoms with E-state index in [1.165, 1.54) is 12.5 Å².